The summed E-state index contributed by atoms with van der Waals surface area (Å²) in [5, 5.41) is 9.73. The average Bonchev–Trinajstić information content (AvgIpc) is 3.18. The minimum Gasteiger partial charge on any atom is -0.489 e. The summed E-state index contributed by atoms with van der Waals surface area (Å²) in [5.41, 5.74) is 1.93. The number of benzene rings is 2. The van der Waals surface area contributed by atoms with Crippen molar-refractivity contribution in [1.29, 1.82) is 5.26 Å². The summed E-state index contributed by atoms with van der Waals surface area (Å²) in [6.07, 6.45) is 4.79. The first-order chi connectivity index (χ1) is 14.1. The molecule has 0 radical (unpaired) electrons. The Morgan fingerprint density at radius 2 is 1.97 bits per heavy atom. The number of halogens is 1. The molecule has 0 amide bonds. The first-order valence-corrected chi connectivity index (χ1v) is 9.62. The molecule has 0 atom stereocenters. The zero-order valence-corrected chi connectivity index (χ0v) is 16.3. The summed E-state index contributed by atoms with van der Waals surface area (Å²) in [5.74, 6) is 0.945. The summed E-state index contributed by atoms with van der Waals surface area (Å²) < 4.78 is 27.5. The number of hydrogen-bond acceptors (Lipinski definition) is 4. The van der Waals surface area contributed by atoms with Gasteiger partial charge in [-0.05, 0) is 55.2 Å². The molecule has 2 heterocycles. The maximum absolute atomic E-state index is 14.2. The van der Waals surface area contributed by atoms with Crippen LogP contribution in [0.5, 0.6) is 5.75 Å². The van der Waals surface area contributed by atoms with Gasteiger partial charge in [0.2, 0.25) is 0 Å². The Labute approximate surface area is 169 Å². The molecule has 1 fully saturated rings. The van der Waals surface area contributed by atoms with E-state index < -0.39 is 11.2 Å². The molecule has 6 heteroatoms. The molecule has 3 aromatic rings. The van der Waals surface area contributed by atoms with Crippen molar-refractivity contribution in [2.45, 2.75) is 31.8 Å². The fourth-order valence-electron chi connectivity index (χ4n) is 3.68. The van der Waals surface area contributed by atoms with E-state index in [4.69, 9.17) is 9.47 Å². The summed E-state index contributed by atoms with van der Waals surface area (Å²) in [6, 6.07) is 14.9. The third kappa shape index (κ3) is 4.01. The lowest BCUT2D eigenvalue weighted by Gasteiger charge is -2.31. The van der Waals surface area contributed by atoms with Crippen molar-refractivity contribution in [3.05, 3.63) is 77.6 Å². The highest BCUT2D eigenvalue weighted by Gasteiger charge is 2.35. The fraction of sp³-hybridized carbons (Fsp3) is 0.304. The van der Waals surface area contributed by atoms with Crippen molar-refractivity contribution in [3.63, 3.8) is 0 Å². The molecule has 0 unspecified atom stereocenters. The Morgan fingerprint density at radius 1 is 1.21 bits per heavy atom. The van der Waals surface area contributed by atoms with Gasteiger partial charge in [-0.25, -0.2) is 9.37 Å². The van der Waals surface area contributed by atoms with Gasteiger partial charge in [0.1, 0.15) is 24.0 Å². The van der Waals surface area contributed by atoms with Crippen molar-refractivity contribution in [2.24, 2.45) is 0 Å². The Hall–Kier alpha value is -3.17. The fourth-order valence-corrected chi connectivity index (χ4v) is 3.68. The topological polar surface area (TPSA) is 60.1 Å². The van der Waals surface area contributed by atoms with Crippen LogP contribution < -0.4 is 4.74 Å². The van der Waals surface area contributed by atoms with E-state index in [0.29, 0.717) is 44.0 Å². The number of nitrogens with zero attached hydrogens (tertiary/aromatic N) is 3. The summed E-state index contributed by atoms with van der Waals surface area (Å²) in [7, 11) is 0. The summed E-state index contributed by atoms with van der Waals surface area (Å²) >= 11 is 0. The van der Waals surface area contributed by atoms with E-state index >= 15 is 0 Å². The molecule has 5 nitrogen and oxygen atoms in total. The van der Waals surface area contributed by atoms with Gasteiger partial charge in [-0.1, -0.05) is 12.1 Å². The number of ether oxygens (including phenoxy) is 2. The van der Waals surface area contributed by atoms with Gasteiger partial charge in [-0.15, -0.1) is 0 Å². The average molecular weight is 391 g/mol. The maximum atomic E-state index is 14.2. The van der Waals surface area contributed by atoms with Crippen LogP contribution in [0.3, 0.4) is 0 Å². The molecule has 2 aromatic carbocycles. The summed E-state index contributed by atoms with van der Waals surface area (Å²) in [6.45, 7) is 3.27. The van der Waals surface area contributed by atoms with Crippen molar-refractivity contribution in [2.75, 3.05) is 13.2 Å². The van der Waals surface area contributed by atoms with E-state index in [0.717, 1.165) is 17.1 Å². The Balaban J connectivity index is 1.49. The molecule has 0 spiro atoms. The third-order valence-electron chi connectivity index (χ3n) is 5.43. The molecule has 0 N–H and O–H groups in total. The smallest absolute Gasteiger partial charge is 0.127 e. The van der Waals surface area contributed by atoms with E-state index in [-0.39, 0.29) is 0 Å². The zero-order valence-electron chi connectivity index (χ0n) is 16.3. The van der Waals surface area contributed by atoms with Crippen LogP contribution in [0.2, 0.25) is 0 Å². The van der Waals surface area contributed by atoms with Crippen molar-refractivity contribution < 1.29 is 13.9 Å². The van der Waals surface area contributed by atoms with E-state index in [2.05, 4.69) is 11.1 Å². The Morgan fingerprint density at radius 3 is 2.62 bits per heavy atom. The normalized spacial score (nSPS) is 15.6. The Bertz CT molecular complexity index is 1030. The van der Waals surface area contributed by atoms with E-state index in [9.17, 15) is 9.65 Å². The second kappa shape index (κ2) is 8.06. The molecule has 1 aliphatic heterocycles. The van der Waals surface area contributed by atoms with Crippen LogP contribution in [0.15, 0.2) is 54.9 Å². The molecule has 1 saturated heterocycles. The highest BCUT2D eigenvalue weighted by Crippen LogP contribution is 2.36. The highest BCUT2D eigenvalue weighted by atomic mass is 19.1. The second-order valence-corrected chi connectivity index (χ2v) is 7.28. The number of aryl methyl sites for hydroxylation is 1. The molecule has 0 saturated carbocycles. The van der Waals surface area contributed by atoms with Gasteiger partial charge in [0.05, 0.1) is 11.5 Å². The Kier molecular flexibility index (Phi) is 5.32. The molecular weight excluding hydrogens is 369 g/mol. The van der Waals surface area contributed by atoms with Crippen LogP contribution >= 0.6 is 0 Å². The first kappa shape index (κ1) is 19.2. The van der Waals surface area contributed by atoms with Gasteiger partial charge < -0.3 is 14.0 Å². The molecule has 4 rings (SSSR count). The molecular formula is C23H22FN3O2. The van der Waals surface area contributed by atoms with Crippen LogP contribution in [-0.4, -0.2) is 22.8 Å². The van der Waals surface area contributed by atoms with Gasteiger partial charge in [0.25, 0.3) is 0 Å². The second-order valence-electron chi connectivity index (χ2n) is 7.28. The predicted molar refractivity (Wildman–Crippen MR) is 106 cm³/mol. The van der Waals surface area contributed by atoms with Crippen LogP contribution in [-0.2, 0) is 16.8 Å². The number of rotatable bonds is 5. The first-order valence-electron chi connectivity index (χ1n) is 9.62. The maximum Gasteiger partial charge on any atom is 0.127 e. The minimum atomic E-state index is -0.719. The molecule has 1 aromatic heterocycles. The van der Waals surface area contributed by atoms with Crippen LogP contribution in [0.1, 0.15) is 29.8 Å². The standard InChI is InChI=1S/C23H22FN3O2/c1-17-26-8-9-27(17)21-4-2-18(3-5-21)15-29-22-13-19(12-20(24)14-22)23(16-25)6-10-28-11-7-23/h2-5,8-9,12-14H,6-7,10-11,15H2,1H3. The monoisotopic (exact) mass is 391 g/mol. The van der Waals surface area contributed by atoms with Crippen molar-refractivity contribution in [3.8, 4) is 17.5 Å². The van der Waals surface area contributed by atoms with Crippen LogP contribution in [0, 0.1) is 24.1 Å². The predicted octanol–water partition coefficient (Wildman–Crippen LogP) is 4.47. The van der Waals surface area contributed by atoms with Gasteiger partial charge in [-0.2, -0.15) is 5.26 Å². The minimum absolute atomic E-state index is 0.314. The van der Waals surface area contributed by atoms with Crippen LogP contribution in [0.4, 0.5) is 4.39 Å². The van der Waals surface area contributed by atoms with E-state index in [1.807, 2.05) is 42.0 Å². The molecule has 0 aliphatic carbocycles. The number of imidazole rings is 1. The van der Waals surface area contributed by atoms with Crippen LogP contribution in [0.25, 0.3) is 5.69 Å². The summed E-state index contributed by atoms with van der Waals surface area (Å²) in [4.78, 5) is 4.23. The lowest BCUT2D eigenvalue weighted by molar-refractivity contribution is 0.0673. The third-order valence-corrected chi connectivity index (χ3v) is 5.43. The lowest BCUT2D eigenvalue weighted by atomic mass is 9.75. The highest BCUT2D eigenvalue weighted by molar-refractivity contribution is 5.40. The molecule has 0 bridgehead atoms. The molecule has 148 valence electrons. The molecule has 1 aliphatic rings. The van der Waals surface area contributed by atoms with Crippen molar-refractivity contribution >= 4 is 0 Å². The van der Waals surface area contributed by atoms with Crippen molar-refractivity contribution in [1.82, 2.24) is 9.55 Å². The molecule has 29 heavy (non-hydrogen) atoms. The number of hydrogen-bond donors (Lipinski definition) is 0. The van der Waals surface area contributed by atoms with Gasteiger partial charge in [-0.3, -0.25) is 0 Å². The number of aromatic nitrogens is 2. The van der Waals surface area contributed by atoms with E-state index in [1.54, 1.807) is 12.3 Å². The number of nitriles is 1. The lowest BCUT2D eigenvalue weighted by Crippen LogP contribution is -2.32. The van der Waals surface area contributed by atoms with Gasteiger partial charge in [0.15, 0.2) is 0 Å². The SMILES string of the molecule is Cc1nccn1-c1ccc(COc2cc(F)cc(C3(C#N)CCOCC3)c2)cc1. The van der Waals surface area contributed by atoms with E-state index in [1.165, 1.54) is 12.1 Å². The largest absolute Gasteiger partial charge is 0.489 e. The quantitative estimate of drug-likeness (QED) is 0.644. The van der Waals surface area contributed by atoms with Gasteiger partial charge >= 0.3 is 0 Å². The zero-order chi connectivity index (χ0) is 20.3. The van der Waals surface area contributed by atoms with Gasteiger partial charge in [0, 0.05) is 37.4 Å².